The van der Waals surface area contributed by atoms with Crippen molar-refractivity contribution in [2.75, 3.05) is 13.1 Å². The first-order chi connectivity index (χ1) is 18.3. The van der Waals surface area contributed by atoms with Crippen molar-refractivity contribution in [2.24, 2.45) is 0 Å². The molecule has 204 valence electrons. The molecule has 0 aliphatic carbocycles. The number of rotatable bonds is 14. The van der Waals surface area contributed by atoms with Crippen LogP contribution in [0.1, 0.15) is 47.3 Å². The lowest BCUT2D eigenvalue weighted by Gasteiger charge is -2.24. The van der Waals surface area contributed by atoms with Gasteiger partial charge in [0.2, 0.25) is 0 Å². The Labute approximate surface area is 233 Å². The Morgan fingerprint density at radius 3 is 2.71 bits per heavy atom. The molecular formula is C31H37F3N2S2. The Morgan fingerprint density at radius 2 is 2.00 bits per heavy atom. The molecule has 0 saturated carbocycles. The second-order valence-electron chi connectivity index (χ2n) is 9.22. The highest BCUT2D eigenvalue weighted by atomic mass is 32.2. The number of aryl methyl sites for hydroxylation is 2. The smallest absolute Gasteiger partial charge is 0.297 e. The van der Waals surface area contributed by atoms with Crippen molar-refractivity contribution in [2.45, 2.75) is 62.0 Å². The fourth-order valence-electron chi connectivity index (χ4n) is 4.23. The molecule has 1 unspecified atom stereocenters. The highest BCUT2D eigenvalue weighted by Gasteiger charge is 2.30. The average molecular weight is 559 g/mol. The molecule has 1 atom stereocenters. The van der Waals surface area contributed by atoms with Gasteiger partial charge in [-0.1, -0.05) is 61.2 Å². The summed E-state index contributed by atoms with van der Waals surface area (Å²) in [6, 6.07) is 7.77. The van der Waals surface area contributed by atoms with Gasteiger partial charge in [-0.05, 0) is 92.3 Å². The van der Waals surface area contributed by atoms with Gasteiger partial charge in [0, 0.05) is 18.0 Å². The fraction of sp³-hybridized carbons (Fsp3) is 0.355. The first kappa shape index (κ1) is 30.2. The largest absolute Gasteiger partial charge is 0.416 e. The molecule has 1 aromatic heterocycles. The number of thiophene rings is 1. The summed E-state index contributed by atoms with van der Waals surface area (Å²) < 4.78 is 42.2. The summed E-state index contributed by atoms with van der Waals surface area (Å²) in [7, 11) is 0. The van der Waals surface area contributed by atoms with Crippen molar-refractivity contribution in [1.82, 2.24) is 9.62 Å². The molecule has 38 heavy (non-hydrogen) atoms. The number of hydrogen-bond acceptors (Lipinski definition) is 4. The molecule has 7 heteroatoms. The second kappa shape index (κ2) is 15.3. The van der Waals surface area contributed by atoms with Crippen molar-refractivity contribution in [3.05, 3.63) is 113 Å². The molecule has 2 nitrogen and oxygen atoms in total. The van der Waals surface area contributed by atoms with Crippen LogP contribution in [-0.2, 0) is 19.0 Å². The first-order valence-corrected chi connectivity index (χ1v) is 14.6. The highest BCUT2D eigenvalue weighted by molar-refractivity contribution is 7.99. The van der Waals surface area contributed by atoms with E-state index in [4.69, 9.17) is 0 Å². The van der Waals surface area contributed by atoms with Gasteiger partial charge in [-0.2, -0.15) is 13.2 Å². The molecule has 2 heterocycles. The van der Waals surface area contributed by atoms with Crippen molar-refractivity contribution < 1.29 is 13.2 Å². The molecule has 1 aromatic carbocycles. The lowest BCUT2D eigenvalue weighted by atomic mass is 10.1. The van der Waals surface area contributed by atoms with Crippen molar-refractivity contribution >= 4 is 23.3 Å². The number of benzene rings is 1. The number of allylic oxidation sites excluding steroid dienone is 6. The summed E-state index contributed by atoms with van der Waals surface area (Å²) in [4.78, 5) is 1.36. The quantitative estimate of drug-likeness (QED) is 0.141. The van der Waals surface area contributed by atoms with E-state index < -0.39 is 11.7 Å². The van der Waals surface area contributed by atoms with Crippen LogP contribution in [0.4, 0.5) is 13.2 Å². The zero-order valence-corrected chi connectivity index (χ0v) is 23.6. The van der Waals surface area contributed by atoms with Gasteiger partial charge in [0.15, 0.2) is 0 Å². The number of nitrogens with one attached hydrogen (secondary N) is 1. The predicted molar refractivity (Wildman–Crippen MR) is 157 cm³/mol. The summed E-state index contributed by atoms with van der Waals surface area (Å²) in [5.74, 6) is 0. The fourth-order valence-corrected chi connectivity index (χ4v) is 6.77. The van der Waals surface area contributed by atoms with Crippen LogP contribution in [0.25, 0.3) is 0 Å². The lowest BCUT2D eigenvalue weighted by molar-refractivity contribution is -0.137. The van der Waals surface area contributed by atoms with Crippen LogP contribution in [-0.4, -0.2) is 23.6 Å². The SMILES string of the molecule is C=C/C=C\Cc1cc(SN2CCCC2NCC(/C=C/CC=C)=C/CCc2ccc(C(F)(F)F)cc2)sc1C. The van der Waals surface area contributed by atoms with E-state index in [1.165, 1.54) is 20.2 Å². The molecule has 1 aliphatic rings. The zero-order valence-electron chi connectivity index (χ0n) is 22.0. The van der Waals surface area contributed by atoms with Gasteiger partial charge in [0.05, 0.1) is 15.9 Å². The van der Waals surface area contributed by atoms with Crippen LogP contribution >= 0.6 is 23.3 Å². The average Bonchev–Trinajstić information content (AvgIpc) is 3.47. The van der Waals surface area contributed by atoms with Crippen LogP contribution < -0.4 is 5.32 Å². The van der Waals surface area contributed by atoms with Gasteiger partial charge in [0.1, 0.15) is 0 Å². The molecule has 1 aliphatic heterocycles. The van der Waals surface area contributed by atoms with E-state index in [1.807, 2.05) is 41.5 Å². The Kier molecular flexibility index (Phi) is 12.2. The van der Waals surface area contributed by atoms with Crippen LogP contribution in [0.15, 0.2) is 95.8 Å². The van der Waals surface area contributed by atoms with E-state index in [0.717, 1.165) is 62.9 Å². The predicted octanol–water partition coefficient (Wildman–Crippen LogP) is 9.07. The summed E-state index contributed by atoms with van der Waals surface area (Å²) in [5, 5.41) is 3.73. The normalized spacial score (nSPS) is 17.2. The van der Waals surface area contributed by atoms with Crippen LogP contribution in [0, 0.1) is 6.92 Å². The van der Waals surface area contributed by atoms with E-state index >= 15 is 0 Å². The van der Waals surface area contributed by atoms with Gasteiger partial charge in [-0.3, -0.25) is 5.32 Å². The standard InChI is InChI=1S/C31H37F3N2S2/c1-4-6-8-12-26(14-10-13-25-17-19-28(20-18-25)31(32,33)34)23-35-29-16-11-21-36(29)38-30-22-27(24(3)37-30)15-9-7-5-2/h4-5,7-9,12,14,17-20,22,29,35H,1-2,6,10-11,13,15-16,21,23H2,3H3/b9-7-,12-8+,26-14+. The monoisotopic (exact) mass is 558 g/mol. The summed E-state index contributed by atoms with van der Waals surface area (Å²) in [6.45, 7) is 11.5. The van der Waals surface area contributed by atoms with E-state index in [1.54, 1.807) is 12.1 Å². The molecule has 0 radical (unpaired) electrons. The number of nitrogens with zero attached hydrogens (tertiary/aromatic N) is 1. The minimum atomic E-state index is -4.30. The molecule has 2 aromatic rings. The number of halogens is 3. The maximum Gasteiger partial charge on any atom is 0.416 e. The second-order valence-corrected chi connectivity index (χ2v) is 11.8. The summed E-state index contributed by atoms with van der Waals surface area (Å²) in [6.07, 6.45) is 15.6. The molecule has 0 bridgehead atoms. The maximum atomic E-state index is 12.8. The van der Waals surface area contributed by atoms with Gasteiger partial charge < -0.3 is 0 Å². The molecule has 1 fully saturated rings. The van der Waals surface area contributed by atoms with Gasteiger partial charge >= 0.3 is 6.18 Å². The molecule has 3 rings (SSSR count). The third-order valence-corrected chi connectivity index (χ3v) is 8.65. The number of alkyl halides is 3. The van der Waals surface area contributed by atoms with Crippen molar-refractivity contribution in [1.29, 1.82) is 0 Å². The van der Waals surface area contributed by atoms with Gasteiger partial charge in [0.25, 0.3) is 0 Å². The molecule has 0 spiro atoms. The maximum absolute atomic E-state index is 12.8. The minimum Gasteiger partial charge on any atom is -0.297 e. The number of hydrogen-bond donors (Lipinski definition) is 1. The topological polar surface area (TPSA) is 15.3 Å². The van der Waals surface area contributed by atoms with Crippen LogP contribution in [0.5, 0.6) is 0 Å². The first-order valence-electron chi connectivity index (χ1n) is 13.0. The lowest BCUT2D eigenvalue weighted by Crippen LogP contribution is -2.38. The molecule has 1 N–H and O–H groups in total. The Morgan fingerprint density at radius 1 is 1.21 bits per heavy atom. The van der Waals surface area contributed by atoms with Gasteiger partial charge in [-0.25, -0.2) is 4.31 Å². The van der Waals surface area contributed by atoms with E-state index in [0.29, 0.717) is 6.42 Å². The third-order valence-electron chi connectivity index (χ3n) is 6.32. The van der Waals surface area contributed by atoms with Crippen molar-refractivity contribution in [3.63, 3.8) is 0 Å². The Hall–Kier alpha value is -2.32. The van der Waals surface area contributed by atoms with E-state index in [9.17, 15) is 13.2 Å². The zero-order chi connectivity index (χ0) is 27.4. The Balaban J connectivity index is 1.57. The van der Waals surface area contributed by atoms with Crippen molar-refractivity contribution in [3.8, 4) is 0 Å². The van der Waals surface area contributed by atoms with E-state index in [2.05, 4.69) is 60.1 Å². The highest BCUT2D eigenvalue weighted by Crippen LogP contribution is 2.36. The third kappa shape index (κ3) is 9.77. The summed E-state index contributed by atoms with van der Waals surface area (Å²) in [5.41, 5.74) is 2.84. The molecule has 1 saturated heterocycles. The Bertz CT molecular complexity index is 1130. The van der Waals surface area contributed by atoms with E-state index in [-0.39, 0.29) is 6.17 Å². The summed E-state index contributed by atoms with van der Waals surface area (Å²) >= 11 is 3.69. The van der Waals surface area contributed by atoms with Crippen LogP contribution in [0.2, 0.25) is 0 Å². The van der Waals surface area contributed by atoms with Crippen LogP contribution in [0.3, 0.4) is 0 Å². The van der Waals surface area contributed by atoms with Gasteiger partial charge in [-0.15, -0.1) is 17.9 Å². The minimum absolute atomic E-state index is 0.289. The molecular weight excluding hydrogens is 521 g/mol. The molecule has 0 amide bonds.